The van der Waals surface area contributed by atoms with E-state index in [0.29, 0.717) is 11.0 Å². The fraction of sp³-hybridized carbons (Fsp3) is 0.214. The molecule has 2 nitrogen and oxygen atoms in total. The van der Waals surface area contributed by atoms with Crippen molar-refractivity contribution in [1.82, 2.24) is 0 Å². The highest BCUT2D eigenvalue weighted by atomic mass is 79.9. The van der Waals surface area contributed by atoms with E-state index in [9.17, 15) is 0 Å². The fourth-order valence-corrected chi connectivity index (χ4v) is 3.71. The Morgan fingerprint density at radius 1 is 1.42 bits per heavy atom. The molecule has 1 unspecified atom stereocenters. The summed E-state index contributed by atoms with van der Waals surface area (Å²) in [5.74, 6) is 0. The Labute approximate surface area is 131 Å². The van der Waals surface area contributed by atoms with Crippen molar-refractivity contribution in [1.29, 1.82) is 0 Å². The van der Waals surface area contributed by atoms with Crippen LogP contribution in [-0.4, -0.2) is 11.0 Å². The Balaban J connectivity index is 2.14. The molecule has 0 saturated heterocycles. The predicted octanol–water partition coefficient (Wildman–Crippen LogP) is 4.19. The van der Waals surface area contributed by atoms with E-state index in [1.54, 1.807) is 11.3 Å². The second-order valence-corrected chi connectivity index (χ2v) is 6.68. The van der Waals surface area contributed by atoms with Crippen molar-refractivity contribution in [3.63, 3.8) is 0 Å². The average molecular weight is 355 g/mol. The third-order valence-corrected chi connectivity index (χ3v) is 4.51. The van der Waals surface area contributed by atoms with Crippen LogP contribution in [0.3, 0.4) is 0 Å². The monoisotopic (exact) mass is 354 g/mol. The molecule has 0 bridgehead atoms. The van der Waals surface area contributed by atoms with E-state index >= 15 is 0 Å². The van der Waals surface area contributed by atoms with E-state index in [-0.39, 0.29) is 0 Å². The molecule has 0 saturated carbocycles. The molecule has 0 aliphatic rings. The fourth-order valence-electron chi connectivity index (χ4n) is 1.94. The summed E-state index contributed by atoms with van der Waals surface area (Å²) >= 11 is 10.4. The van der Waals surface area contributed by atoms with Gasteiger partial charge in [-0.25, -0.2) is 0 Å². The van der Waals surface area contributed by atoms with Gasteiger partial charge < -0.3 is 11.1 Å². The average Bonchev–Trinajstić information content (AvgIpc) is 2.81. The number of benzene rings is 1. The number of thiophene rings is 1. The van der Waals surface area contributed by atoms with Crippen LogP contribution in [0.25, 0.3) is 0 Å². The van der Waals surface area contributed by atoms with Crippen LogP contribution in [0.2, 0.25) is 0 Å². The maximum absolute atomic E-state index is 5.79. The molecule has 0 radical (unpaired) electrons. The zero-order valence-corrected chi connectivity index (χ0v) is 13.7. The van der Waals surface area contributed by atoms with Gasteiger partial charge in [-0.2, -0.15) is 0 Å². The van der Waals surface area contributed by atoms with E-state index in [1.807, 2.05) is 18.2 Å². The van der Waals surface area contributed by atoms with Gasteiger partial charge in [0.25, 0.3) is 0 Å². The van der Waals surface area contributed by atoms with Crippen LogP contribution in [0.15, 0.2) is 40.2 Å². The van der Waals surface area contributed by atoms with Crippen molar-refractivity contribution in [3.8, 4) is 0 Å². The molecule has 2 rings (SSSR count). The van der Waals surface area contributed by atoms with Crippen LogP contribution in [-0.2, 0) is 6.42 Å². The number of hydrogen-bond donors (Lipinski definition) is 2. The van der Waals surface area contributed by atoms with Gasteiger partial charge in [-0.15, -0.1) is 11.3 Å². The van der Waals surface area contributed by atoms with Crippen LogP contribution in [0.1, 0.15) is 17.4 Å². The van der Waals surface area contributed by atoms with Crippen LogP contribution in [0.5, 0.6) is 0 Å². The second kappa shape index (κ2) is 6.50. The van der Waals surface area contributed by atoms with Crippen molar-refractivity contribution in [2.45, 2.75) is 19.4 Å². The van der Waals surface area contributed by atoms with Gasteiger partial charge in [0.15, 0.2) is 0 Å². The molecular weight excluding hydrogens is 340 g/mol. The Morgan fingerprint density at radius 2 is 2.21 bits per heavy atom. The number of hydrogen-bond acceptors (Lipinski definition) is 3. The molecule has 1 aromatic carbocycles. The van der Waals surface area contributed by atoms with Gasteiger partial charge >= 0.3 is 0 Å². The van der Waals surface area contributed by atoms with Gasteiger partial charge in [0.2, 0.25) is 0 Å². The van der Waals surface area contributed by atoms with Crippen LogP contribution >= 0.6 is 39.5 Å². The zero-order valence-electron chi connectivity index (χ0n) is 10.5. The lowest BCUT2D eigenvalue weighted by Gasteiger charge is -2.18. The lowest BCUT2D eigenvalue weighted by atomic mass is 10.1. The van der Waals surface area contributed by atoms with E-state index in [0.717, 1.165) is 22.1 Å². The first-order chi connectivity index (χ1) is 9.08. The van der Waals surface area contributed by atoms with Gasteiger partial charge in [0, 0.05) is 33.1 Å². The van der Waals surface area contributed by atoms with Crippen molar-refractivity contribution >= 4 is 50.2 Å². The third-order valence-electron chi connectivity index (χ3n) is 2.75. The molecule has 2 aromatic rings. The smallest absolute Gasteiger partial charge is 0.107 e. The second-order valence-electron chi connectivity index (χ2n) is 4.36. The molecule has 0 aliphatic heterocycles. The highest BCUT2D eigenvalue weighted by Crippen LogP contribution is 2.26. The summed E-state index contributed by atoms with van der Waals surface area (Å²) in [6.45, 7) is 2.16. The molecule has 19 heavy (non-hydrogen) atoms. The summed E-state index contributed by atoms with van der Waals surface area (Å²) < 4.78 is 0.924. The summed E-state index contributed by atoms with van der Waals surface area (Å²) in [7, 11) is 0. The SMILES string of the molecule is CC(Cc1cccs1)Nc1cccc(Br)c1C(N)=S. The van der Waals surface area contributed by atoms with Crippen LogP contribution in [0, 0.1) is 0 Å². The normalized spacial score (nSPS) is 12.1. The van der Waals surface area contributed by atoms with E-state index in [1.165, 1.54) is 4.88 Å². The molecule has 0 amide bonds. The molecule has 5 heteroatoms. The minimum atomic E-state index is 0.320. The van der Waals surface area contributed by atoms with Crippen molar-refractivity contribution in [2.75, 3.05) is 5.32 Å². The molecule has 1 heterocycles. The standard InChI is InChI=1S/C14H15BrN2S2/c1-9(8-10-4-3-7-19-10)17-12-6-2-5-11(15)13(12)14(16)18/h2-7,9,17H,8H2,1H3,(H2,16,18). The molecule has 3 N–H and O–H groups in total. The molecule has 0 spiro atoms. The summed E-state index contributed by atoms with van der Waals surface area (Å²) in [6, 6.07) is 10.5. The minimum absolute atomic E-state index is 0.320. The Kier molecular flexibility index (Phi) is 4.96. The Bertz CT molecular complexity index is 567. The van der Waals surface area contributed by atoms with Gasteiger partial charge in [-0.05, 0) is 46.4 Å². The molecule has 100 valence electrons. The van der Waals surface area contributed by atoms with Crippen molar-refractivity contribution < 1.29 is 0 Å². The van der Waals surface area contributed by atoms with Crippen LogP contribution in [0.4, 0.5) is 5.69 Å². The molecule has 0 aliphatic carbocycles. The first kappa shape index (κ1) is 14.5. The predicted molar refractivity (Wildman–Crippen MR) is 91.1 cm³/mol. The van der Waals surface area contributed by atoms with E-state index in [2.05, 4.69) is 45.7 Å². The van der Waals surface area contributed by atoms with Gasteiger partial charge in [-0.3, -0.25) is 0 Å². The number of thiocarbonyl (C=S) groups is 1. The summed E-state index contributed by atoms with van der Waals surface area (Å²) in [5.41, 5.74) is 7.64. The molecular formula is C14H15BrN2S2. The quantitative estimate of drug-likeness (QED) is 0.790. The minimum Gasteiger partial charge on any atom is -0.389 e. The Morgan fingerprint density at radius 3 is 2.84 bits per heavy atom. The largest absolute Gasteiger partial charge is 0.389 e. The number of rotatable bonds is 5. The third kappa shape index (κ3) is 3.78. The first-order valence-corrected chi connectivity index (χ1v) is 8.03. The Hall–Kier alpha value is -0.910. The van der Waals surface area contributed by atoms with Crippen LogP contribution < -0.4 is 11.1 Å². The number of anilines is 1. The lowest BCUT2D eigenvalue weighted by Crippen LogP contribution is -2.21. The molecule has 1 atom stereocenters. The molecule has 1 aromatic heterocycles. The summed E-state index contributed by atoms with van der Waals surface area (Å²) in [6.07, 6.45) is 0.987. The van der Waals surface area contributed by atoms with Gasteiger partial charge in [0.05, 0.1) is 0 Å². The maximum Gasteiger partial charge on any atom is 0.107 e. The number of halogens is 1. The van der Waals surface area contributed by atoms with Crippen molar-refractivity contribution in [2.24, 2.45) is 5.73 Å². The maximum atomic E-state index is 5.79. The van der Waals surface area contributed by atoms with E-state index < -0.39 is 0 Å². The topological polar surface area (TPSA) is 38.0 Å². The molecule has 0 fully saturated rings. The highest BCUT2D eigenvalue weighted by Gasteiger charge is 2.12. The summed E-state index contributed by atoms with van der Waals surface area (Å²) in [5, 5.41) is 5.58. The summed E-state index contributed by atoms with van der Waals surface area (Å²) in [4.78, 5) is 1.77. The van der Waals surface area contributed by atoms with Gasteiger partial charge in [-0.1, -0.05) is 24.4 Å². The number of nitrogens with two attached hydrogens (primary N) is 1. The van der Waals surface area contributed by atoms with Crippen molar-refractivity contribution in [3.05, 3.63) is 50.6 Å². The lowest BCUT2D eigenvalue weighted by molar-refractivity contribution is 0.800. The zero-order chi connectivity index (χ0) is 13.8. The van der Waals surface area contributed by atoms with Gasteiger partial charge in [0.1, 0.15) is 4.99 Å². The number of nitrogens with one attached hydrogen (secondary N) is 1. The first-order valence-electron chi connectivity index (χ1n) is 5.95. The van der Waals surface area contributed by atoms with E-state index in [4.69, 9.17) is 18.0 Å². The highest BCUT2D eigenvalue weighted by molar-refractivity contribution is 9.10.